The average Bonchev–Trinajstić information content (AvgIpc) is 2.46. The Hall–Kier alpha value is -1.24. The second-order valence-electron chi connectivity index (χ2n) is 4.90. The van der Waals surface area contributed by atoms with Crippen LogP contribution >= 0.6 is 15.9 Å². The van der Waals surface area contributed by atoms with Crippen molar-refractivity contribution in [2.75, 3.05) is 13.7 Å². The fourth-order valence-corrected chi connectivity index (χ4v) is 2.88. The summed E-state index contributed by atoms with van der Waals surface area (Å²) in [5, 5.41) is 0. The van der Waals surface area contributed by atoms with Gasteiger partial charge in [-0.1, -0.05) is 0 Å². The van der Waals surface area contributed by atoms with Gasteiger partial charge in [-0.25, -0.2) is 0 Å². The third-order valence-electron chi connectivity index (χ3n) is 3.55. The van der Waals surface area contributed by atoms with Crippen LogP contribution in [0.3, 0.4) is 0 Å². The van der Waals surface area contributed by atoms with Gasteiger partial charge in [0.05, 0.1) is 12.7 Å². The summed E-state index contributed by atoms with van der Waals surface area (Å²) in [6, 6.07) is 2.97. The van der Waals surface area contributed by atoms with Crippen LogP contribution in [0.15, 0.2) is 22.7 Å². The zero-order valence-electron chi connectivity index (χ0n) is 11.4. The highest BCUT2D eigenvalue weighted by atomic mass is 79.9. The number of methoxy groups -OCH3 is 1. The van der Waals surface area contributed by atoms with Crippen LogP contribution in [-0.4, -0.2) is 36.7 Å². The molecule has 0 spiro atoms. The molecule has 0 radical (unpaired) electrons. The second-order valence-corrected chi connectivity index (χ2v) is 5.75. The molecule has 1 fully saturated rings. The molecule has 1 amide bonds. The minimum atomic E-state index is -4.40. The van der Waals surface area contributed by atoms with E-state index in [1.165, 1.54) is 13.2 Å². The van der Waals surface area contributed by atoms with E-state index in [0.29, 0.717) is 23.1 Å². The number of piperidine rings is 1. The van der Waals surface area contributed by atoms with Gasteiger partial charge in [0.15, 0.2) is 0 Å². The van der Waals surface area contributed by atoms with Gasteiger partial charge in [-0.2, -0.15) is 13.2 Å². The highest BCUT2D eigenvalue weighted by Crippen LogP contribution is 2.34. The highest BCUT2D eigenvalue weighted by Gasteiger charge is 2.46. The molecule has 21 heavy (non-hydrogen) atoms. The quantitative estimate of drug-likeness (QED) is 0.792. The largest absolute Gasteiger partial charge is 0.497 e. The van der Waals surface area contributed by atoms with Crippen molar-refractivity contribution in [2.24, 2.45) is 0 Å². The number of hydrogen-bond acceptors (Lipinski definition) is 2. The molecule has 1 unspecified atom stereocenters. The van der Waals surface area contributed by atoms with E-state index >= 15 is 0 Å². The first-order chi connectivity index (χ1) is 9.84. The number of carbonyl (C=O) groups is 1. The first-order valence-electron chi connectivity index (χ1n) is 6.56. The Morgan fingerprint density at radius 2 is 2.10 bits per heavy atom. The zero-order chi connectivity index (χ0) is 15.6. The Kier molecular flexibility index (Phi) is 4.81. The SMILES string of the molecule is COc1ccc(Br)c(C(=O)N2CCCCC2C(F)(F)F)c1. The number of alkyl halides is 3. The molecule has 1 aliphatic heterocycles. The highest BCUT2D eigenvalue weighted by molar-refractivity contribution is 9.10. The van der Waals surface area contributed by atoms with E-state index in [1.54, 1.807) is 12.1 Å². The fourth-order valence-electron chi connectivity index (χ4n) is 2.46. The van der Waals surface area contributed by atoms with Gasteiger partial charge in [0.25, 0.3) is 5.91 Å². The van der Waals surface area contributed by atoms with Gasteiger partial charge in [-0.3, -0.25) is 4.79 Å². The van der Waals surface area contributed by atoms with Crippen molar-refractivity contribution in [3.8, 4) is 5.75 Å². The lowest BCUT2D eigenvalue weighted by molar-refractivity contribution is -0.183. The number of benzene rings is 1. The van der Waals surface area contributed by atoms with Crippen molar-refractivity contribution in [1.29, 1.82) is 0 Å². The molecular formula is C14H15BrF3NO2. The second kappa shape index (κ2) is 6.25. The van der Waals surface area contributed by atoms with Crippen LogP contribution in [0.25, 0.3) is 0 Å². The monoisotopic (exact) mass is 365 g/mol. The topological polar surface area (TPSA) is 29.5 Å². The molecule has 0 N–H and O–H groups in total. The van der Waals surface area contributed by atoms with E-state index in [0.717, 1.165) is 4.90 Å². The van der Waals surface area contributed by atoms with Crippen molar-refractivity contribution < 1.29 is 22.7 Å². The third-order valence-corrected chi connectivity index (χ3v) is 4.24. The molecule has 1 atom stereocenters. The van der Waals surface area contributed by atoms with Crippen LogP contribution in [0.5, 0.6) is 5.75 Å². The number of carbonyl (C=O) groups excluding carboxylic acids is 1. The Balaban J connectivity index is 2.33. The van der Waals surface area contributed by atoms with Crippen LogP contribution in [0.4, 0.5) is 13.2 Å². The van der Waals surface area contributed by atoms with Crippen LogP contribution in [-0.2, 0) is 0 Å². The molecule has 1 heterocycles. The zero-order valence-corrected chi connectivity index (χ0v) is 13.0. The van der Waals surface area contributed by atoms with Crippen molar-refractivity contribution in [1.82, 2.24) is 4.90 Å². The normalized spacial score (nSPS) is 19.5. The first kappa shape index (κ1) is 16.1. The smallest absolute Gasteiger partial charge is 0.408 e. The maximum Gasteiger partial charge on any atom is 0.408 e. The van der Waals surface area contributed by atoms with E-state index in [2.05, 4.69) is 15.9 Å². The van der Waals surface area contributed by atoms with Gasteiger partial charge in [-0.05, 0) is 53.4 Å². The molecule has 3 nitrogen and oxygen atoms in total. The van der Waals surface area contributed by atoms with Gasteiger partial charge in [-0.15, -0.1) is 0 Å². The number of likely N-dealkylation sites (tertiary alicyclic amines) is 1. The number of hydrogen-bond donors (Lipinski definition) is 0. The Morgan fingerprint density at radius 3 is 2.71 bits per heavy atom. The van der Waals surface area contributed by atoms with Gasteiger partial charge < -0.3 is 9.64 Å². The maximum absolute atomic E-state index is 13.1. The third kappa shape index (κ3) is 3.51. The van der Waals surface area contributed by atoms with E-state index in [9.17, 15) is 18.0 Å². The van der Waals surface area contributed by atoms with Gasteiger partial charge >= 0.3 is 6.18 Å². The Morgan fingerprint density at radius 1 is 1.38 bits per heavy atom. The summed E-state index contributed by atoms with van der Waals surface area (Å²) in [5.41, 5.74) is 0.186. The molecule has 0 saturated carbocycles. The number of amides is 1. The van der Waals surface area contributed by atoms with Gasteiger partial charge in [0.2, 0.25) is 0 Å². The van der Waals surface area contributed by atoms with Crippen molar-refractivity contribution >= 4 is 21.8 Å². The molecule has 2 rings (SSSR count). The molecule has 0 aromatic heterocycles. The number of rotatable bonds is 2. The summed E-state index contributed by atoms with van der Waals surface area (Å²) >= 11 is 3.21. The van der Waals surface area contributed by atoms with Crippen molar-refractivity contribution in [3.05, 3.63) is 28.2 Å². The van der Waals surface area contributed by atoms with Gasteiger partial charge in [0.1, 0.15) is 11.8 Å². The van der Waals surface area contributed by atoms with Gasteiger partial charge in [0, 0.05) is 11.0 Å². The number of halogens is 4. The predicted molar refractivity (Wildman–Crippen MR) is 75.4 cm³/mol. The molecule has 1 aliphatic rings. The number of nitrogens with zero attached hydrogens (tertiary/aromatic N) is 1. The van der Waals surface area contributed by atoms with E-state index < -0.39 is 18.1 Å². The van der Waals surface area contributed by atoms with Crippen molar-refractivity contribution in [3.63, 3.8) is 0 Å². The fraction of sp³-hybridized carbons (Fsp3) is 0.500. The van der Waals surface area contributed by atoms with E-state index in [1.807, 2.05) is 0 Å². The van der Waals surface area contributed by atoms with E-state index in [-0.39, 0.29) is 18.5 Å². The number of ether oxygens (including phenoxy) is 1. The van der Waals surface area contributed by atoms with Crippen LogP contribution in [0, 0.1) is 0 Å². The summed E-state index contributed by atoms with van der Waals surface area (Å²) in [5.74, 6) is -0.190. The molecule has 116 valence electrons. The van der Waals surface area contributed by atoms with Crippen LogP contribution in [0.2, 0.25) is 0 Å². The molecule has 1 aromatic rings. The first-order valence-corrected chi connectivity index (χ1v) is 7.35. The van der Waals surface area contributed by atoms with Crippen LogP contribution in [0.1, 0.15) is 29.6 Å². The minimum absolute atomic E-state index is 0.0448. The summed E-state index contributed by atoms with van der Waals surface area (Å²) in [6.45, 7) is 0.118. The lowest BCUT2D eigenvalue weighted by Crippen LogP contribution is -2.51. The summed E-state index contributed by atoms with van der Waals surface area (Å²) in [7, 11) is 1.44. The molecule has 1 aromatic carbocycles. The summed E-state index contributed by atoms with van der Waals surface area (Å²) < 4.78 is 44.7. The Bertz CT molecular complexity index is 533. The molecule has 1 saturated heterocycles. The predicted octanol–water partition coefficient (Wildman–Crippen LogP) is 4.01. The van der Waals surface area contributed by atoms with Crippen LogP contribution < -0.4 is 4.74 Å². The average molecular weight is 366 g/mol. The summed E-state index contributed by atoms with van der Waals surface area (Å²) in [4.78, 5) is 13.4. The maximum atomic E-state index is 13.1. The Labute approximate surface area is 129 Å². The van der Waals surface area contributed by atoms with Crippen molar-refractivity contribution in [2.45, 2.75) is 31.5 Å². The van der Waals surface area contributed by atoms with E-state index in [4.69, 9.17) is 4.74 Å². The lowest BCUT2D eigenvalue weighted by atomic mass is 10.0. The molecule has 7 heteroatoms. The molecule has 0 bridgehead atoms. The lowest BCUT2D eigenvalue weighted by Gasteiger charge is -2.37. The molecule has 0 aliphatic carbocycles. The molecular weight excluding hydrogens is 351 g/mol. The summed E-state index contributed by atoms with van der Waals surface area (Å²) in [6.07, 6.45) is -3.38. The standard InChI is InChI=1S/C14H15BrF3NO2/c1-21-9-5-6-11(15)10(8-9)13(20)19-7-3-2-4-12(19)14(16,17)18/h5-6,8,12H,2-4,7H2,1H3. The minimum Gasteiger partial charge on any atom is -0.497 e.